The Morgan fingerprint density at radius 2 is 1.67 bits per heavy atom. The summed E-state index contributed by atoms with van der Waals surface area (Å²) < 4.78 is 55.8. The predicted molar refractivity (Wildman–Crippen MR) is 157 cm³/mol. The number of methoxy groups -OCH3 is 1. The number of alkyl carbamates (subject to hydrolysis) is 1. The minimum absolute atomic E-state index is 0.0565. The molecule has 1 amide bonds. The first-order chi connectivity index (χ1) is 20.2. The number of aryl methyl sites for hydroxylation is 1. The topological polar surface area (TPSA) is 107 Å². The summed E-state index contributed by atoms with van der Waals surface area (Å²) in [5.74, 6) is -0.736. The van der Waals surface area contributed by atoms with Gasteiger partial charge in [-0.25, -0.2) is 9.59 Å². The quantitative estimate of drug-likeness (QED) is 0.272. The number of fused-ring (bicyclic) bond motifs is 2. The SMILES string of the molecule is COC(=O)[C@H](Cc1cccc2c(-c3c(C(F)(F)F)c4cc(CCO)ccc4n(C)c3=O)cccc12)NC(=O)OC(C)(C)C. The second kappa shape index (κ2) is 12.1. The molecule has 2 N–H and O–H groups in total. The van der Waals surface area contributed by atoms with Gasteiger partial charge in [0.05, 0.1) is 23.8 Å². The van der Waals surface area contributed by atoms with Crippen LogP contribution in [0.1, 0.15) is 37.5 Å². The van der Waals surface area contributed by atoms with Gasteiger partial charge in [-0.05, 0) is 66.8 Å². The Kier molecular flexibility index (Phi) is 8.87. The summed E-state index contributed by atoms with van der Waals surface area (Å²) >= 11 is 0. The van der Waals surface area contributed by atoms with Crippen LogP contribution in [-0.2, 0) is 40.3 Å². The molecule has 0 aliphatic heterocycles. The first-order valence-corrected chi connectivity index (χ1v) is 13.6. The zero-order chi connectivity index (χ0) is 31.7. The molecule has 228 valence electrons. The first-order valence-electron chi connectivity index (χ1n) is 13.6. The zero-order valence-electron chi connectivity index (χ0n) is 24.5. The molecule has 0 fully saturated rings. The largest absolute Gasteiger partial charge is 0.467 e. The fourth-order valence-corrected chi connectivity index (χ4v) is 5.20. The second-order valence-corrected chi connectivity index (χ2v) is 11.2. The van der Waals surface area contributed by atoms with Crippen LogP contribution in [0.15, 0.2) is 59.4 Å². The molecule has 11 heteroatoms. The lowest BCUT2D eigenvalue weighted by Crippen LogP contribution is -2.45. The van der Waals surface area contributed by atoms with Gasteiger partial charge >= 0.3 is 18.2 Å². The average molecular weight is 599 g/mol. The van der Waals surface area contributed by atoms with Crippen molar-refractivity contribution in [1.29, 1.82) is 0 Å². The number of pyridine rings is 1. The molecule has 0 bridgehead atoms. The van der Waals surface area contributed by atoms with E-state index in [-0.39, 0.29) is 35.9 Å². The van der Waals surface area contributed by atoms with Gasteiger partial charge in [-0.3, -0.25) is 4.79 Å². The van der Waals surface area contributed by atoms with Gasteiger partial charge in [0.2, 0.25) is 0 Å². The molecule has 0 aliphatic rings. The number of ether oxygens (including phenoxy) is 2. The summed E-state index contributed by atoms with van der Waals surface area (Å²) in [5.41, 5.74) is -2.02. The van der Waals surface area contributed by atoms with Gasteiger partial charge in [0.15, 0.2) is 0 Å². The Bertz CT molecular complexity index is 1760. The number of hydrogen-bond acceptors (Lipinski definition) is 6. The fourth-order valence-electron chi connectivity index (χ4n) is 5.20. The fraction of sp³-hybridized carbons (Fsp3) is 0.344. The van der Waals surface area contributed by atoms with E-state index in [0.29, 0.717) is 21.9 Å². The number of alkyl halides is 3. The van der Waals surface area contributed by atoms with Gasteiger partial charge in [0.1, 0.15) is 11.6 Å². The molecule has 0 radical (unpaired) electrons. The van der Waals surface area contributed by atoms with Gasteiger partial charge in [0.25, 0.3) is 5.56 Å². The number of nitrogens with zero attached hydrogens (tertiary/aromatic N) is 1. The predicted octanol–water partition coefficient (Wildman–Crippen LogP) is 5.52. The number of carbonyl (C=O) groups excluding carboxylic acids is 2. The van der Waals surface area contributed by atoms with Crippen LogP contribution in [0.3, 0.4) is 0 Å². The van der Waals surface area contributed by atoms with Crippen molar-refractivity contribution in [2.45, 2.75) is 51.4 Å². The lowest BCUT2D eigenvalue weighted by molar-refractivity contribution is -0.143. The maximum Gasteiger partial charge on any atom is 0.417 e. The molecular formula is C32H33F3N2O6. The number of rotatable bonds is 7. The Morgan fingerprint density at radius 3 is 2.30 bits per heavy atom. The van der Waals surface area contributed by atoms with E-state index in [9.17, 15) is 32.7 Å². The van der Waals surface area contributed by atoms with E-state index in [2.05, 4.69) is 5.32 Å². The number of halogens is 3. The maximum atomic E-state index is 14.8. The Morgan fingerprint density at radius 1 is 1.00 bits per heavy atom. The van der Waals surface area contributed by atoms with Crippen LogP contribution < -0.4 is 10.9 Å². The molecule has 0 aliphatic carbocycles. The molecule has 43 heavy (non-hydrogen) atoms. The van der Waals surface area contributed by atoms with Crippen LogP contribution in [0, 0.1) is 0 Å². The van der Waals surface area contributed by atoms with Gasteiger partial charge in [-0.15, -0.1) is 0 Å². The molecule has 1 atom stereocenters. The highest BCUT2D eigenvalue weighted by Gasteiger charge is 2.38. The lowest BCUT2D eigenvalue weighted by atomic mass is 9.90. The molecule has 8 nitrogen and oxygen atoms in total. The standard InChI is InChI=1S/C32H33F3N2O6/c1-31(2,3)43-30(41)36-24(29(40)42-5)17-19-8-6-10-21-20(19)9-7-11-22(21)26-27(32(33,34)35)23-16-18(14-15-38)12-13-25(23)37(4)28(26)39/h6-13,16,24,38H,14-15,17H2,1-5H3,(H,36,41)/t24-/m0/s1. The number of carbonyl (C=O) groups is 2. The van der Waals surface area contributed by atoms with Gasteiger partial charge < -0.3 is 24.5 Å². The highest BCUT2D eigenvalue weighted by Crippen LogP contribution is 2.42. The van der Waals surface area contributed by atoms with Crippen molar-refractivity contribution >= 4 is 33.7 Å². The van der Waals surface area contributed by atoms with E-state index in [1.807, 2.05) is 0 Å². The van der Waals surface area contributed by atoms with Crippen LogP contribution in [0.5, 0.6) is 0 Å². The zero-order valence-corrected chi connectivity index (χ0v) is 24.5. The van der Waals surface area contributed by atoms with Crippen LogP contribution in [-0.4, -0.2) is 47.1 Å². The van der Waals surface area contributed by atoms with Crippen LogP contribution in [0.2, 0.25) is 0 Å². The monoisotopic (exact) mass is 598 g/mol. The van der Waals surface area contributed by atoms with Crippen molar-refractivity contribution in [3.8, 4) is 11.1 Å². The number of aliphatic hydroxyl groups is 1. The lowest BCUT2D eigenvalue weighted by Gasteiger charge is -2.23. The first kappa shape index (κ1) is 31.6. The summed E-state index contributed by atoms with van der Waals surface area (Å²) in [5, 5.41) is 12.6. The minimum atomic E-state index is -4.88. The summed E-state index contributed by atoms with van der Waals surface area (Å²) in [4.78, 5) is 38.7. The molecule has 0 saturated heterocycles. The van der Waals surface area contributed by atoms with E-state index >= 15 is 0 Å². The summed E-state index contributed by atoms with van der Waals surface area (Å²) in [6.45, 7) is 4.77. The molecular weight excluding hydrogens is 565 g/mol. The number of hydrogen-bond donors (Lipinski definition) is 2. The Hall–Kier alpha value is -4.38. The van der Waals surface area contributed by atoms with Crippen molar-refractivity contribution in [3.63, 3.8) is 0 Å². The number of aromatic nitrogens is 1. The molecule has 4 aromatic rings. The van der Waals surface area contributed by atoms with Crippen molar-refractivity contribution in [2.24, 2.45) is 7.05 Å². The van der Waals surface area contributed by atoms with E-state index in [0.717, 1.165) is 0 Å². The molecule has 4 rings (SSSR count). The van der Waals surface area contributed by atoms with Gasteiger partial charge in [-0.1, -0.05) is 42.5 Å². The molecule has 1 aromatic heterocycles. The number of benzene rings is 3. The summed E-state index contributed by atoms with van der Waals surface area (Å²) in [7, 11) is 2.59. The smallest absolute Gasteiger partial charge is 0.417 e. The number of amides is 1. The van der Waals surface area contributed by atoms with Crippen LogP contribution in [0.4, 0.5) is 18.0 Å². The van der Waals surface area contributed by atoms with E-state index < -0.39 is 46.6 Å². The van der Waals surface area contributed by atoms with Crippen LogP contribution >= 0.6 is 0 Å². The highest BCUT2D eigenvalue weighted by molar-refractivity contribution is 6.02. The summed E-state index contributed by atoms with van der Waals surface area (Å²) in [6, 6.07) is 12.8. The minimum Gasteiger partial charge on any atom is -0.467 e. The number of nitrogens with one attached hydrogen (secondary N) is 1. The van der Waals surface area contributed by atoms with Crippen molar-refractivity contribution in [1.82, 2.24) is 9.88 Å². The summed E-state index contributed by atoms with van der Waals surface area (Å²) in [6.07, 6.45) is -5.62. The highest BCUT2D eigenvalue weighted by atomic mass is 19.4. The Balaban J connectivity index is 1.93. The molecule has 3 aromatic carbocycles. The maximum absolute atomic E-state index is 14.8. The molecule has 0 spiro atoms. The normalized spacial score (nSPS) is 12.8. The molecule has 1 heterocycles. The van der Waals surface area contributed by atoms with E-state index in [1.165, 1.54) is 36.9 Å². The van der Waals surface area contributed by atoms with Gasteiger partial charge in [-0.2, -0.15) is 13.2 Å². The van der Waals surface area contributed by atoms with E-state index in [1.54, 1.807) is 57.2 Å². The molecule has 0 unspecified atom stereocenters. The van der Waals surface area contributed by atoms with Crippen molar-refractivity contribution in [2.75, 3.05) is 13.7 Å². The third kappa shape index (κ3) is 6.67. The van der Waals surface area contributed by atoms with Crippen molar-refractivity contribution in [3.05, 3.63) is 81.6 Å². The number of aliphatic hydroxyl groups excluding tert-OH is 1. The third-order valence-electron chi connectivity index (χ3n) is 7.03. The third-order valence-corrected chi connectivity index (χ3v) is 7.03. The average Bonchev–Trinajstić information content (AvgIpc) is 2.92. The Labute approximate surface area is 246 Å². The van der Waals surface area contributed by atoms with Crippen molar-refractivity contribution < 1.29 is 37.3 Å². The van der Waals surface area contributed by atoms with Crippen LogP contribution in [0.25, 0.3) is 32.8 Å². The van der Waals surface area contributed by atoms with Gasteiger partial charge in [0, 0.05) is 25.5 Å². The van der Waals surface area contributed by atoms with E-state index in [4.69, 9.17) is 9.47 Å². The number of esters is 1. The molecule has 0 saturated carbocycles. The second-order valence-electron chi connectivity index (χ2n) is 11.2.